The highest BCUT2D eigenvalue weighted by Gasteiger charge is 2.42. The van der Waals surface area contributed by atoms with Crippen molar-refractivity contribution in [3.8, 4) is 6.07 Å². The van der Waals surface area contributed by atoms with Gasteiger partial charge in [-0.25, -0.2) is 0 Å². The highest BCUT2D eigenvalue weighted by molar-refractivity contribution is 5.13. The predicted molar refractivity (Wildman–Crippen MR) is 76.8 cm³/mol. The molecule has 19 heavy (non-hydrogen) atoms. The van der Waals surface area contributed by atoms with Crippen LogP contribution in [0.4, 0.5) is 0 Å². The normalized spacial score (nSPS) is 37.5. The minimum atomic E-state index is -0.222. The molecule has 3 fully saturated rings. The average molecular weight is 261 g/mol. The van der Waals surface area contributed by atoms with Gasteiger partial charge >= 0.3 is 0 Å². The third-order valence-electron chi connectivity index (χ3n) is 5.46. The summed E-state index contributed by atoms with van der Waals surface area (Å²) < 4.78 is 0. The molecular formula is C16H27N3. The van der Waals surface area contributed by atoms with Crippen molar-refractivity contribution < 1.29 is 0 Å². The quantitative estimate of drug-likeness (QED) is 0.777. The summed E-state index contributed by atoms with van der Waals surface area (Å²) in [6.07, 6.45) is 12.7. The second-order valence-corrected chi connectivity index (χ2v) is 6.81. The molecule has 3 aliphatic rings. The molecule has 3 rings (SSSR count). The molecule has 0 aromatic heterocycles. The second kappa shape index (κ2) is 5.81. The lowest BCUT2D eigenvalue weighted by atomic mass is 9.83. The first-order valence-electron chi connectivity index (χ1n) is 8.24. The predicted octanol–water partition coefficient (Wildman–Crippen LogP) is 2.82. The summed E-state index contributed by atoms with van der Waals surface area (Å²) >= 11 is 0. The first-order chi connectivity index (χ1) is 9.31. The van der Waals surface area contributed by atoms with E-state index in [-0.39, 0.29) is 5.54 Å². The molecule has 3 heteroatoms. The van der Waals surface area contributed by atoms with Crippen molar-refractivity contribution in [3.05, 3.63) is 0 Å². The van der Waals surface area contributed by atoms with Gasteiger partial charge in [-0.2, -0.15) is 5.26 Å². The Morgan fingerprint density at radius 2 is 1.79 bits per heavy atom. The maximum atomic E-state index is 9.73. The van der Waals surface area contributed by atoms with Crippen LogP contribution in [-0.4, -0.2) is 35.6 Å². The molecule has 1 saturated carbocycles. The van der Waals surface area contributed by atoms with Crippen LogP contribution < -0.4 is 5.32 Å². The summed E-state index contributed by atoms with van der Waals surface area (Å²) in [4.78, 5) is 2.60. The molecule has 0 aromatic carbocycles. The lowest BCUT2D eigenvalue weighted by molar-refractivity contribution is 0.126. The maximum Gasteiger partial charge on any atom is 0.109 e. The molecule has 0 aromatic rings. The van der Waals surface area contributed by atoms with E-state index in [0.29, 0.717) is 12.1 Å². The third kappa shape index (κ3) is 2.95. The number of nitriles is 1. The number of nitrogens with zero attached hydrogens (tertiary/aromatic N) is 2. The first kappa shape index (κ1) is 13.4. The Balaban J connectivity index is 1.64. The fourth-order valence-corrected chi connectivity index (χ4v) is 4.34. The van der Waals surface area contributed by atoms with E-state index in [1.54, 1.807) is 0 Å². The Kier molecular flexibility index (Phi) is 4.10. The highest BCUT2D eigenvalue weighted by Crippen LogP contribution is 2.34. The average Bonchev–Trinajstić information content (AvgIpc) is 2.74. The summed E-state index contributed by atoms with van der Waals surface area (Å²) in [7, 11) is 0. The van der Waals surface area contributed by atoms with E-state index in [2.05, 4.69) is 16.3 Å². The van der Waals surface area contributed by atoms with Crippen LogP contribution in [0.3, 0.4) is 0 Å². The third-order valence-corrected chi connectivity index (χ3v) is 5.46. The van der Waals surface area contributed by atoms with Crippen LogP contribution in [-0.2, 0) is 0 Å². The van der Waals surface area contributed by atoms with Gasteiger partial charge in [0.25, 0.3) is 0 Å². The van der Waals surface area contributed by atoms with Crippen LogP contribution in [0.25, 0.3) is 0 Å². The molecule has 0 bridgehead atoms. The van der Waals surface area contributed by atoms with E-state index >= 15 is 0 Å². The number of fused-ring (bicyclic) bond motifs is 1. The summed E-state index contributed by atoms with van der Waals surface area (Å²) in [5.74, 6) is 0. The van der Waals surface area contributed by atoms with Gasteiger partial charge in [0, 0.05) is 18.6 Å². The van der Waals surface area contributed by atoms with Crippen LogP contribution in [0.5, 0.6) is 0 Å². The topological polar surface area (TPSA) is 39.1 Å². The van der Waals surface area contributed by atoms with E-state index < -0.39 is 0 Å². The minimum absolute atomic E-state index is 0.222. The summed E-state index contributed by atoms with van der Waals surface area (Å²) in [6.45, 7) is 2.38. The molecule has 2 aliphatic heterocycles. The molecule has 3 nitrogen and oxygen atoms in total. The van der Waals surface area contributed by atoms with Crippen LogP contribution >= 0.6 is 0 Å². The van der Waals surface area contributed by atoms with E-state index in [4.69, 9.17) is 0 Å². The van der Waals surface area contributed by atoms with E-state index in [1.165, 1.54) is 57.9 Å². The molecule has 1 N–H and O–H groups in total. The Morgan fingerprint density at radius 1 is 1.00 bits per heavy atom. The zero-order chi connectivity index (χ0) is 13.1. The first-order valence-corrected chi connectivity index (χ1v) is 8.24. The molecule has 0 amide bonds. The highest BCUT2D eigenvalue weighted by atomic mass is 15.2. The number of hydrogen-bond acceptors (Lipinski definition) is 3. The van der Waals surface area contributed by atoms with Crippen molar-refractivity contribution in [2.24, 2.45) is 0 Å². The summed E-state index contributed by atoms with van der Waals surface area (Å²) in [5, 5.41) is 13.5. The van der Waals surface area contributed by atoms with Crippen molar-refractivity contribution >= 4 is 0 Å². The maximum absolute atomic E-state index is 9.73. The molecule has 2 atom stereocenters. The van der Waals surface area contributed by atoms with E-state index in [9.17, 15) is 5.26 Å². The monoisotopic (exact) mass is 261 g/mol. The number of hydrogen-bond donors (Lipinski definition) is 1. The zero-order valence-corrected chi connectivity index (χ0v) is 12.0. The summed E-state index contributed by atoms with van der Waals surface area (Å²) in [6, 6.07) is 3.93. The van der Waals surface area contributed by atoms with Gasteiger partial charge in [0.1, 0.15) is 5.54 Å². The number of rotatable bonds is 2. The Hall–Kier alpha value is -0.590. The van der Waals surface area contributed by atoms with Crippen LogP contribution in [0.1, 0.15) is 64.2 Å². The van der Waals surface area contributed by atoms with Gasteiger partial charge in [-0.05, 0) is 45.1 Å². The Labute approximate surface area is 117 Å². The molecule has 106 valence electrons. The van der Waals surface area contributed by atoms with Crippen molar-refractivity contribution in [2.75, 3.05) is 13.1 Å². The lowest BCUT2D eigenvalue weighted by Crippen LogP contribution is -2.57. The molecular weight excluding hydrogens is 234 g/mol. The van der Waals surface area contributed by atoms with Gasteiger partial charge in [-0.1, -0.05) is 25.7 Å². The zero-order valence-electron chi connectivity index (χ0n) is 12.0. The minimum Gasteiger partial charge on any atom is -0.300 e. The van der Waals surface area contributed by atoms with Crippen LogP contribution in [0.2, 0.25) is 0 Å². The van der Waals surface area contributed by atoms with Crippen LogP contribution in [0, 0.1) is 11.3 Å². The van der Waals surface area contributed by atoms with Crippen LogP contribution in [0.15, 0.2) is 0 Å². The number of nitrogens with one attached hydrogen (secondary N) is 1. The van der Waals surface area contributed by atoms with E-state index in [1.807, 2.05) is 0 Å². The fourth-order valence-electron chi connectivity index (χ4n) is 4.34. The van der Waals surface area contributed by atoms with Gasteiger partial charge in [0.2, 0.25) is 0 Å². The van der Waals surface area contributed by atoms with E-state index in [0.717, 1.165) is 19.4 Å². The Morgan fingerprint density at radius 3 is 2.53 bits per heavy atom. The van der Waals surface area contributed by atoms with Crippen molar-refractivity contribution in [2.45, 2.75) is 81.8 Å². The molecule has 0 radical (unpaired) electrons. The smallest absolute Gasteiger partial charge is 0.109 e. The van der Waals surface area contributed by atoms with Crippen molar-refractivity contribution in [1.82, 2.24) is 10.2 Å². The fraction of sp³-hybridized carbons (Fsp3) is 0.938. The standard InChI is InChI=1S/C16H27N3/c17-13-16(18-14-6-3-1-2-4-7-14)9-11-19-10-5-8-15(19)12-16/h14-15,18H,1-12H2. The molecule has 2 saturated heterocycles. The molecule has 1 aliphatic carbocycles. The van der Waals surface area contributed by atoms with Gasteiger partial charge in [0.15, 0.2) is 0 Å². The Bertz CT molecular complexity index is 340. The van der Waals surface area contributed by atoms with Gasteiger partial charge < -0.3 is 4.90 Å². The molecule has 2 heterocycles. The lowest BCUT2D eigenvalue weighted by Gasteiger charge is -2.42. The van der Waals surface area contributed by atoms with Crippen molar-refractivity contribution in [3.63, 3.8) is 0 Å². The SMILES string of the molecule is N#CC1(NC2CCCCCC2)CCN2CCCC2C1. The molecule has 2 unspecified atom stereocenters. The van der Waals surface area contributed by atoms with Gasteiger partial charge in [-0.15, -0.1) is 0 Å². The molecule has 0 spiro atoms. The summed E-state index contributed by atoms with van der Waals surface area (Å²) in [5.41, 5.74) is -0.222. The largest absolute Gasteiger partial charge is 0.300 e. The van der Waals surface area contributed by atoms with Gasteiger partial charge in [-0.3, -0.25) is 5.32 Å². The second-order valence-electron chi connectivity index (χ2n) is 6.81. The van der Waals surface area contributed by atoms with Gasteiger partial charge in [0.05, 0.1) is 6.07 Å². The number of piperidine rings is 1. The van der Waals surface area contributed by atoms with Crippen molar-refractivity contribution in [1.29, 1.82) is 5.26 Å².